The predicted octanol–water partition coefficient (Wildman–Crippen LogP) is 1.15. The maximum Gasteiger partial charge on any atom is 0.0770 e. The third kappa shape index (κ3) is 2.76. The highest BCUT2D eigenvalue weighted by molar-refractivity contribution is 5.44. The van der Waals surface area contributed by atoms with E-state index in [1.165, 1.54) is 5.69 Å². The SMILES string of the molecule is CN(c1ccncc1)C1CCC(O)(CN)CC1. The maximum absolute atomic E-state index is 10.1. The molecule has 2 rings (SSSR count). The first-order valence-electron chi connectivity index (χ1n) is 6.20. The second-order valence-corrected chi connectivity index (χ2v) is 4.98. The summed E-state index contributed by atoms with van der Waals surface area (Å²) < 4.78 is 0. The van der Waals surface area contributed by atoms with Gasteiger partial charge in [-0.1, -0.05) is 0 Å². The van der Waals surface area contributed by atoms with Crippen LogP contribution in [0.4, 0.5) is 5.69 Å². The Morgan fingerprint density at radius 2 is 2.00 bits per heavy atom. The number of nitrogens with zero attached hydrogens (tertiary/aromatic N) is 2. The molecule has 94 valence electrons. The molecule has 1 aliphatic rings. The molecular formula is C13H21N3O. The van der Waals surface area contributed by atoms with Crippen LogP contribution in [0.25, 0.3) is 0 Å². The van der Waals surface area contributed by atoms with Gasteiger partial charge in [0.15, 0.2) is 0 Å². The lowest BCUT2D eigenvalue weighted by Gasteiger charge is -2.39. The van der Waals surface area contributed by atoms with Crippen LogP contribution in [0, 0.1) is 0 Å². The molecule has 1 heterocycles. The molecule has 1 aromatic rings. The van der Waals surface area contributed by atoms with E-state index in [9.17, 15) is 5.11 Å². The summed E-state index contributed by atoms with van der Waals surface area (Å²) in [4.78, 5) is 6.30. The largest absolute Gasteiger partial charge is 0.389 e. The van der Waals surface area contributed by atoms with Crippen molar-refractivity contribution >= 4 is 5.69 Å². The van der Waals surface area contributed by atoms with Crippen LogP contribution in [0.15, 0.2) is 24.5 Å². The molecule has 4 nitrogen and oxygen atoms in total. The number of hydrogen-bond donors (Lipinski definition) is 2. The molecule has 1 aliphatic carbocycles. The van der Waals surface area contributed by atoms with Gasteiger partial charge in [-0.3, -0.25) is 4.98 Å². The molecule has 1 saturated carbocycles. The number of anilines is 1. The predicted molar refractivity (Wildman–Crippen MR) is 68.9 cm³/mol. The minimum absolute atomic E-state index is 0.374. The van der Waals surface area contributed by atoms with Gasteiger partial charge in [0.1, 0.15) is 0 Å². The highest BCUT2D eigenvalue weighted by Gasteiger charge is 2.33. The molecule has 0 radical (unpaired) electrons. The normalized spacial score (nSPS) is 29.0. The van der Waals surface area contributed by atoms with E-state index in [4.69, 9.17) is 5.73 Å². The molecule has 17 heavy (non-hydrogen) atoms. The molecule has 0 bridgehead atoms. The summed E-state index contributed by atoms with van der Waals surface area (Å²) in [6.45, 7) is 0.374. The van der Waals surface area contributed by atoms with E-state index in [1.807, 2.05) is 24.5 Å². The molecule has 1 aromatic heterocycles. The Balaban J connectivity index is 1.97. The van der Waals surface area contributed by atoms with E-state index < -0.39 is 5.60 Å². The summed E-state index contributed by atoms with van der Waals surface area (Å²) in [5.74, 6) is 0. The topological polar surface area (TPSA) is 62.4 Å². The van der Waals surface area contributed by atoms with Gasteiger partial charge in [0.25, 0.3) is 0 Å². The van der Waals surface area contributed by atoms with Crippen molar-refractivity contribution in [2.24, 2.45) is 5.73 Å². The maximum atomic E-state index is 10.1. The van der Waals surface area contributed by atoms with Crippen LogP contribution >= 0.6 is 0 Å². The molecule has 0 spiro atoms. The van der Waals surface area contributed by atoms with Crippen molar-refractivity contribution in [3.8, 4) is 0 Å². The van der Waals surface area contributed by atoms with E-state index in [0.29, 0.717) is 12.6 Å². The lowest BCUT2D eigenvalue weighted by molar-refractivity contribution is 0.00800. The van der Waals surface area contributed by atoms with Crippen molar-refractivity contribution < 1.29 is 5.11 Å². The zero-order valence-electron chi connectivity index (χ0n) is 10.3. The summed E-state index contributed by atoms with van der Waals surface area (Å²) >= 11 is 0. The van der Waals surface area contributed by atoms with Gasteiger partial charge in [-0.05, 0) is 37.8 Å². The highest BCUT2D eigenvalue weighted by Crippen LogP contribution is 2.31. The zero-order chi connectivity index (χ0) is 12.3. The smallest absolute Gasteiger partial charge is 0.0770 e. The minimum atomic E-state index is -0.629. The fourth-order valence-electron chi connectivity index (χ4n) is 2.52. The van der Waals surface area contributed by atoms with Gasteiger partial charge in [-0.25, -0.2) is 0 Å². The van der Waals surface area contributed by atoms with Crippen LogP contribution in [0.3, 0.4) is 0 Å². The van der Waals surface area contributed by atoms with Crippen LogP contribution < -0.4 is 10.6 Å². The summed E-state index contributed by atoms with van der Waals surface area (Å²) in [7, 11) is 2.10. The third-order valence-corrected chi connectivity index (χ3v) is 3.88. The van der Waals surface area contributed by atoms with Gasteiger partial charge in [0, 0.05) is 37.7 Å². The monoisotopic (exact) mass is 235 g/mol. The lowest BCUT2D eigenvalue weighted by Crippen LogP contribution is -2.46. The van der Waals surface area contributed by atoms with Crippen LogP contribution in [0.5, 0.6) is 0 Å². The Bertz CT molecular complexity index is 347. The first kappa shape index (κ1) is 12.3. The fourth-order valence-corrected chi connectivity index (χ4v) is 2.52. The summed E-state index contributed by atoms with van der Waals surface area (Å²) in [5, 5.41) is 10.1. The van der Waals surface area contributed by atoms with Crippen molar-refractivity contribution in [1.29, 1.82) is 0 Å². The van der Waals surface area contributed by atoms with Crippen molar-refractivity contribution in [2.75, 3.05) is 18.5 Å². The van der Waals surface area contributed by atoms with Gasteiger partial charge < -0.3 is 15.7 Å². The number of aliphatic hydroxyl groups is 1. The molecule has 0 aromatic carbocycles. The summed E-state index contributed by atoms with van der Waals surface area (Å²) in [6, 6.07) is 4.53. The number of pyridine rings is 1. The van der Waals surface area contributed by atoms with Crippen molar-refractivity contribution in [3.63, 3.8) is 0 Å². The van der Waals surface area contributed by atoms with E-state index in [1.54, 1.807) is 0 Å². The van der Waals surface area contributed by atoms with E-state index in [2.05, 4.69) is 16.9 Å². The van der Waals surface area contributed by atoms with Crippen molar-refractivity contribution in [2.45, 2.75) is 37.3 Å². The molecule has 0 saturated heterocycles. The molecule has 4 heteroatoms. The molecule has 0 aliphatic heterocycles. The Hall–Kier alpha value is -1.13. The average Bonchev–Trinajstić information content (AvgIpc) is 2.40. The summed E-state index contributed by atoms with van der Waals surface area (Å²) in [5.41, 5.74) is 6.15. The number of rotatable bonds is 3. The fraction of sp³-hybridized carbons (Fsp3) is 0.615. The molecule has 0 unspecified atom stereocenters. The molecule has 1 fully saturated rings. The molecule has 0 amide bonds. The Morgan fingerprint density at radius 3 is 2.53 bits per heavy atom. The van der Waals surface area contributed by atoms with Crippen molar-refractivity contribution in [1.82, 2.24) is 4.98 Å². The molecule has 3 N–H and O–H groups in total. The number of nitrogens with two attached hydrogens (primary N) is 1. The van der Waals surface area contributed by atoms with Crippen LogP contribution in [-0.4, -0.2) is 35.3 Å². The van der Waals surface area contributed by atoms with Crippen LogP contribution in [-0.2, 0) is 0 Å². The van der Waals surface area contributed by atoms with Gasteiger partial charge in [0.2, 0.25) is 0 Å². The van der Waals surface area contributed by atoms with E-state index in [-0.39, 0.29) is 0 Å². The minimum Gasteiger partial charge on any atom is -0.389 e. The van der Waals surface area contributed by atoms with Gasteiger partial charge in [-0.2, -0.15) is 0 Å². The van der Waals surface area contributed by atoms with Crippen molar-refractivity contribution in [3.05, 3.63) is 24.5 Å². The molecule has 0 atom stereocenters. The average molecular weight is 235 g/mol. The lowest BCUT2D eigenvalue weighted by atomic mass is 9.81. The van der Waals surface area contributed by atoms with Gasteiger partial charge >= 0.3 is 0 Å². The van der Waals surface area contributed by atoms with Crippen LogP contribution in [0.1, 0.15) is 25.7 Å². The number of hydrogen-bond acceptors (Lipinski definition) is 4. The number of aromatic nitrogens is 1. The van der Waals surface area contributed by atoms with Crippen LogP contribution in [0.2, 0.25) is 0 Å². The quantitative estimate of drug-likeness (QED) is 0.825. The second kappa shape index (κ2) is 5.02. The Morgan fingerprint density at radius 1 is 1.41 bits per heavy atom. The third-order valence-electron chi connectivity index (χ3n) is 3.88. The Kier molecular flexibility index (Phi) is 3.64. The van der Waals surface area contributed by atoms with E-state index >= 15 is 0 Å². The summed E-state index contributed by atoms with van der Waals surface area (Å²) in [6.07, 6.45) is 7.20. The van der Waals surface area contributed by atoms with E-state index in [0.717, 1.165) is 25.7 Å². The first-order valence-corrected chi connectivity index (χ1v) is 6.20. The Labute approximate surface area is 102 Å². The first-order chi connectivity index (χ1) is 8.14. The second-order valence-electron chi connectivity index (χ2n) is 4.98. The highest BCUT2D eigenvalue weighted by atomic mass is 16.3. The standard InChI is InChI=1S/C13H21N3O/c1-16(12-4-8-15-9-5-12)11-2-6-13(17,10-14)7-3-11/h4-5,8-9,11,17H,2-3,6-7,10,14H2,1H3. The van der Waals surface area contributed by atoms with Gasteiger partial charge in [-0.15, -0.1) is 0 Å². The van der Waals surface area contributed by atoms with Gasteiger partial charge in [0.05, 0.1) is 5.60 Å². The zero-order valence-corrected chi connectivity index (χ0v) is 10.3. The molecular weight excluding hydrogens is 214 g/mol.